The fourth-order valence-corrected chi connectivity index (χ4v) is 3.36. The lowest BCUT2D eigenvalue weighted by Gasteiger charge is -2.10. The summed E-state index contributed by atoms with van der Waals surface area (Å²) in [4.78, 5) is 12.2. The Bertz CT molecular complexity index is 999. The molecule has 2 atom stereocenters. The van der Waals surface area contributed by atoms with Crippen LogP contribution in [-0.4, -0.2) is 55.0 Å². The lowest BCUT2D eigenvalue weighted by molar-refractivity contribution is 0.0599. The lowest BCUT2D eigenvalue weighted by atomic mass is 9.80. The number of aryl methyl sites for hydroxylation is 1. The second-order valence-electron chi connectivity index (χ2n) is 6.58. The van der Waals surface area contributed by atoms with Crippen LogP contribution in [-0.2, 0) is 11.8 Å². The number of ether oxygens (including phenoxy) is 1. The van der Waals surface area contributed by atoms with Crippen LogP contribution in [0.1, 0.15) is 40.0 Å². The van der Waals surface area contributed by atoms with Crippen LogP contribution in [0.4, 0.5) is 0 Å². The van der Waals surface area contributed by atoms with Crippen molar-refractivity contribution in [3.05, 3.63) is 53.6 Å². The summed E-state index contributed by atoms with van der Waals surface area (Å²) < 4.78 is 8.21. The highest BCUT2D eigenvalue weighted by Crippen LogP contribution is 2.55. The molecule has 3 aromatic rings. The first-order valence-corrected chi connectivity index (χ1v) is 8.48. The first-order chi connectivity index (χ1) is 13.0. The van der Waals surface area contributed by atoms with Crippen molar-refractivity contribution in [1.82, 2.24) is 24.8 Å². The zero-order valence-corrected chi connectivity index (χ0v) is 14.9. The third-order valence-electron chi connectivity index (χ3n) is 4.77. The molecule has 0 bridgehead atoms. The molecule has 1 fully saturated rings. The molecule has 0 saturated heterocycles. The van der Waals surface area contributed by atoms with E-state index in [4.69, 9.17) is 4.74 Å². The number of aromatic nitrogens is 5. The molecule has 1 saturated carbocycles. The molecule has 2 unspecified atom stereocenters. The smallest absolute Gasteiger partial charge is 0.465 e. The van der Waals surface area contributed by atoms with E-state index in [1.165, 1.54) is 13.3 Å². The van der Waals surface area contributed by atoms with Crippen LogP contribution >= 0.6 is 0 Å². The molecule has 2 N–H and O–H groups in total. The van der Waals surface area contributed by atoms with Crippen LogP contribution in [0.3, 0.4) is 0 Å². The molecule has 2 heterocycles. The van der Waals surface area contributed by atoms with Crippen molar-refractivity contribution >= 4 is 18.6 Å². The number of benzene rings is 1. The van der Waals surface area contributed by atoms with Crippen molar-refractivity contribution in [3.8, 4) is 5.69 Å². The molecular weight excluding hydrogens is 349 g/mol. The monoisotopic (exact) mass is 367 g/mol. The average Bonchev–Trinajstić information content (AvgIpc) is 3.12. The van der Waals surface area contributed by atoms with E-state index in [1.807, 2.05) is 13.2 Å². The normalized spacial score (nSPS) is 18.4. The molecule has 138 valence electrons. The average molecular weight is 367 g/mol. The van der Waals surface area contributed by atoms with Gasteiger partial charge in [0.2, 0.25) is 0 Å². The number of hydrogen-bond acceptors (Lipinski definition) is 7. The Labute approximate surface area is 155 Å². The number of esters is 1. The Kier molecular flexibility index (Phi) is 4.29. The zero-order valence-electron chi connectivity index (χ0n) is 14.9. The summed E-state index contributed by atoms with van der Waals surface area (Å²) in [6.07, 6.45) is 4.16. The summed E-state index contributed by atoms with van der Waals surface area (Å²) in [5, 5.41) is 31.4. The van der Waals surface area contributed by atoms with Gasteiger partial charge < -0.3 is 14.8 Å². The summed E-state index contributed by atoms with van der Waals surface area (Å²) in [5.41, 5.74) is 2.96. The maximum absolute atomic E-state index is 12.2. The molecule has 9 nitrogen and oxygen atoms in total. The van der Waals surface area contributed by atoms with E-state index in [0.717, 1.165) is 17.8 Å². The predicted octanol–water partition coefficient (Wildman–Crippen LogP) is -0.262. The van der Waals surface area contributed by atoms with Crippen LogP contribution < -0.4 is 5.46 Å². The van der Waals surface area contributed by atoms with Gasteiger partial charge in [-0.3, -0.25) is 4.68 Å². The van der Waals surface area contributed by atoms with E-state index < -0.39 is 13.1 Å². The van der Waals surface area contributed by atoms with Gasteiger partial charge in [-0.15, -0.1) is 5.10 Å². The van der Waals surface area contributed by atoms with E-state index in [9.17, 15) is 14.8 Å². The largest absolute Gasteiger partial charge is 0.488 e. The molecule has 4 rings (SSSR count). The van der Waals surface area contributed by atoms with Gasteiger partial charge in [0.15, 0.2) is 0 Å². The topological polar surface area (TPSA) is 115 Å². The second kappa shape index (κ2) is 6.64. The van der Waals surface area contributed by atoms with E-state index in [2.05, 4.69) is 15.4 Å². The first-order valence-electron chi connectivity index (χ1n) is 8.48. The highest BCUT2D eigenvalue weighted by atomic mass is 16.5. The van der Waals surface area contributed by atoms with Gasteiger partial charge in [-0.1, -0.05) is 17.3 Å². The van der Waals surface area contributed by atoms with Crippen molar-refractivity contribution in [2.75, 3.05) is 7.11 Å². The molecule has 0 aliphatic heterocycles. The molecule has 1 aliphatic rings. The van der Waals surface area contributed by atoms with E-state index in [0.29, 0.717) is 16.7 Å². The van der Waals surface area contributed by atoms with Crippen LogP contribution in [0, 0.1) is 0 Å². The molecule has 1 aromatic carbocycles. The molecule has 27 heavy (non-hydrogen) atoms. The van der Waals surface area contributed by atoms with E-state index >= 15 is 0 Å². The van der Waals surface area contributed by atoms with Gasteiger partial charge in [0.05, 0.1) is 30.4 Å². The maximum atomic E-state index is 12.2. The summed E-state index contributed by atoms with van der Waals surface area (Å²) in [6, 6.07) is 6.74. The third-order valence-corrected chi connectivity index (χ3v) is 4.77. The molecule has 0 radical (unpaired) electrons. The van der Waals surface area contributed by atoms with Gasteiger partial charge in [-0.2, -0.15) is 5.10 Å². The first kappa shape index (κ1) is 17.4. The lowest BCUT2D eigenvalue weighted by Crippen LogP contribution is -2.30. The van der Waals surface area contributed by atoms with Crippen molar-refractivity contribution in [3.63, 3.8) is 0 Å². The molecule has 0 amide bonds. The van der Waals surface area contributed by atoms with Crippen molar-refractivity contribution < 1.29 is 19.6 Å². The summed E-state index contributed by atoms with van der Waals surface area (Å²) in [5.74, 6) is -0.274. The minimum atomic E-state index is -1.59. The molecule has 1 aliphatic carbocycles. The number of rotatable bonds is 5. The molecule has 10 heteroatoms. The van der Waals surface area contributed by atoms with Crippen molar-refractivity contribution in [2.45, 2.75) is 18.3 Å². The van der Waals surface area contributed by atoms with Gasteiger partial charge in [-0.25, -0.2) is 9.48 Å². The van der Waals surface area contributed by atoms with Gasteiger partial charge in [0, 0.05) is 25.1 Å². The molecule has 0 spiro atoms. The van der Waals surface area contributed by atoms with Crippen molar-refractivity contribution in [1.29, 1.82) is 0 Å². The van der Waals surface area contributed by atoms with E-state index in [1.54, 1.807) is 33.6 Å². The fraction of sp³-hybridized carbons (Fsp3) is 0.294. The second-order valence-corrected chi connectivity index (χ2v) is 6.58. The Morgan fingerprint density at radius 3 is 2.81 bits per heavy atom. The zero-order chi connectivity index (χ0) is 19.1. The molecule has 2 aromatic heterocycles. The number of hydrogen-bond donors (Lipinski definition) is 2. The summed E-state index contributed by atoms with van der Waals surface area (Å²) >= 11 is 0. The highest BCUT2D eigenvalue weighted by Gasteiger charge is 2.46. The standard InChI is InChI=1S/C17H18BN5O4/c1-22-9-15(20-21-22)12-7-13(12)16-14(17(24)27-2)8-19-23(16)11-5-3-4-10(6-11)18(25)26/h3-6,8-9,12-13,25-26H,7H2,1-2H3. The Morgan fingerprint density at radius 2 is 2.15 bits per heavy atom. The Hall–Kier alpha value is -2.98. The highest BCUT2D eigenvalue weighted by molar-refractivity contribution is 6.58. The van der Waals surface area contributed by atoms with Gasteiger partial charge in [0.1, 0.15) is 5.56 Å². The Morgan fingerprint density at radius 1 is 1.33 bits per heavy atom. The number of carbonyl (C=O) groups is 1. The number of methoxy groups -OCH3 is 1. The molecular formula is C17H18BN5O4. The van der Waals surface area contributed by atoms with Crippen LogP contribution in [0.5, 0.6) is 0 Å². The SMILES string of the molecule is COC(=O)c1cnn(-c2cccc(B(O)O)c2)c1C1CC1c1cn(C)nn1. The summed E-state index contributed by atoms with van der Waals surface area (Å²) in [7, 11) is 1.56. The van der Waals surface area contributed by atoms with E-state index in [-0.39, 0.29) is 11.8 Å². The fourth-order valence-electron chi connectivity index (χ4n) is 3.36. The third kappa shape index (κ3) is 3.13. The van der Waals surface area contributed by atoms with Crippen molar-refractivity contribution in [2.24, 2.45) is 7.05 Å². The van der Waals surface area contributed by atoms with Crippen LogP contribution in [0.15, 0.2) is 36.7 Å². The quantitative estimate of drug-likeness (QED) is 0.472. The van der Waals surface area contributed by atoms with Crippen LogP contribution in [0.25, 0.3) is 5.69 Å². The minimum absolute atomic E-state index is 0.0426. The summed E-state index contributed by atoms with van der Waals surface area (Å²) in [6.45, 7) is 0. The van der Waals surface area contributed by atoms with Gasteiger partial charge >= 0.3 is 13.1 Å². The minimum Gasteiger partial charge on any atom is -0.465 e. The number of nitrogens with zero attached hydrogens (tertiary/aromatic N) is 5. The van der Waals surface area contributed by atoms with Crippen LogP contribution in [0.2, 0.25) is 0 Å². The predicted molar refractivity (Wildman–Crippen MR) is 95.8 cm³/mol. The van der Waals surface area contributed by atoms with Gasteiger partial charge in [-0.05, 0) is 24.0 Å². The Balaban J connectivity index is 1.77. The number of carbonyl (C=O) groups excluding carboxylic acids is 1. The van der Waals surface area contributed by atoms with Gasteiger partial charge in [0.25, 0.3) is 0 Å². The maximum Gasteiger partial charge on any atom is 0.488 e.